The Morgan fingerprint density at radius 1 is 0.933 bits per heavy atom. The zero-order valence-corrected chi connectivity index (χ0v) is 17.9. The molecule has 1 aliphatic heterocycles. The van der Waals surface area contributed by atoms with Gasteiger partial charge in [0.15, 0.2) is 0 Å². The highest BCUT2D eigenvalue weighted by Gasteiger charge is 2.16. The third-order valence-electron chi connectivity index (χ3n) is 5.16. The Kier molecular flexibility index (Phi) is 7.71. The fourth-order valence-corrected chi connectivity index (χ4v) is 3.59. The maximum Gasteiger partial charge on any atom is 0.253 e. The molecule has 2 aromatic carbocycles. The number of nitrogens with zero attached hydrogens (tertiary/aromatic N) is 1. The minimum atomic E-state index is -0.187. The van der Waals surface area contributed by atoms with Crippen molar-refractivity contribution in [2.45, 2.75) is 33.1 Å². The summed E-state index contributed by atoms with van der Waals surface area (Å²) in [5.74, 6) is -0.00423. The van der Waals surface area contributed by atoms with Gasteiger partial charge in [0, 0.05) is 19.6 Å². The highest BCUT2D eigenvalue weighted by molar-refractivity contribution is 6.04. The molecule has 0 atom stereocenters. The van der Waals surface area contributed by atoms with Crippen LogP contribution in [0.25, 0.3) is 0 Å². The van der Waals surface area contributed by atoms with E-state index in [1.54, 1.807) is 18.2 Å². The molecule has 0 radical (unpaired) electrons. The predicted octanol–water partition coefficient (Wildman–Crippen LogP) is 4.11. The summed E-state index contributed by atoms with van der Waals surface area (Å²) in [6.45, 7) is 6.90. The number of anilines is 3. The fraction of sp³-hybridized carbons (Fsp3) is 0.417. The smallest absolute Gasteiger partial charge is 0.253 e. The van der Waals surface area contributed by atoms with Crippen LogP contribution in [0.1, 0.15) is 43.5 Å². The number of amides is 2. The Hall–Kier alpha value is -3.02. The van der Waals surface area contributed by atoms with Gasteiger partial charge in [0.05, 0.1) is 29.2 Å². The number of hydrogen-bond donors (Lipinski definition) is 3. The summed E-state index contributed by atoms with van der Waals surface area (Å²) in [7, 11) is 0. The van der Waals surface area contributed by atoms with Gasteiger partial charge in [0.2, 0.25) is 5.91 Å². The molecular formula is C24H32N4O2. The molecule has 0 spiro atoms. The van der Waals surface area contributed by atoms with Crippen LogP contribution in [0.2, 0.25) is 0 Å². The van der Waals surface area contributed by atoms with E-state index in [0.717, 1.165) is 24.5 Å². The molecule has 0 saturated carbocycles. The lowest BCUT2D eigenvalue weighted by Gasteiger charge is -2.30. The van der Waals surface area contributed by atoms with E-state index in [-0.39, 0.29) is 18.4 Å². The van der Waals surface area contributed by atoms with Crippen LogP contribution in [0, 0.1) is 5.92 Å². The van der Waals surface area contributed by atoms with E-state index in [2.05, 4.69) is 26.9 Å². The van der Waals surface area contributed by atoms with E-state index in [0.29, 0.717) is 23.7 Å². The van der Waals surface area contributed by atoms with Crippen LogP contribution in [0.5, 0.6) is 0 Å². The van der Waals surface area contributed by atoms with E-state index >= 15 is 0 Å². The van der Waals surface area contributed by atoms with Crippen molar-refractivity contribution in [1.29, 1.82) is 0 Å². The van der Waals surface area contributed by atoms with Crippen LogP contribution < -0.4 is 20.9 Å². The van der Waals surface area contributed by atoms with Crippen LogP contribution in [-0.4, -0.2) is 38.0 Å². The number of rotatable bonds is 8. The van der Waals surface area contributed by atoms with E-state index in [9.17, 15) is 9.59 Å². The van der Waals surface area contributed by atoms with Gasteiger partial charge in [0.1, 0.15) is 0 Å². The minimum absolute atomic E-state index is 0.132. The molecule has 2 aromatic rings. The topological polar surface area (TPSA) is 73.5 Å². The molecule has 1 saturated heterocycles. The number of benzene rings is 2. The number of nitrogens with one attached hydrogen (secondary N) is 3. The molecule has 0 aromatic heterocycles. The highest BCUT2D eigenvalue weighted by atomic mass is 16.2. The monoisotopic (exact) mass is 408 g/mol. The fourth-order valence-electron chi connectivity index (χ4n) is 3.59. The number of hydrogen-bond acceptors (Lipinski definition) is 4. The minimum Gasteiger partial charge on any atom is -0.374 e. The maximum atomic E-state index is 12.6. The Labute approximate surface area is 179 Å². The van der Waals surface area contributed by atoms with E-state index in [1.165, 1.54) is 19.3 Å². The first kappa shape index (κ1) is 21.7. The van der Waals surface area contributed by atoms with E-state index in [1.807, 2.05) is 38.1 Å². The lowest BCUT2D eigenvalue weighted by Crippen LogP contribution is -2.31. The average Bonchev–Trinajstić information content (AvgIpc) is 2.77. The van der Waals surface area contributed by atoms with Gasteiger partial charge in [-0.25, -0.2) is 0 Å². The molecular weight excluding hydrogens is 376 g/mol. The quantitative estimate of drug-likeness (QED) is 0.614. The van der Waals surface area contributed by atoms with Gasteiger partial charge < -0.3 is 20.9 Å². The van der Waals surface area contributed by atoms with Gasteiger partial charge in [-0.1, -0.05) is 38.1 Å². The third kappa shape index (κ3) is 5.99. The number of carbonyl (C=O) groups excluding carboxylic acids is 2. The summed E-state index contributed by atoms with van der Waals surface area (Å²) in [6, 6.07) is 15.2. The molecule has 2 amide bonds. The molecule has 6 heteroatoms. The number of piperidine rings is 1. The average molecular weight is 409 g/mol. The first-order valence-corrected chi connectivity index (χ1v) is 10.8. The summed E-state index contributed by atoms with van der Waals surface area (Å²) in [6.07, 6.45) is 3.67. The van der Waals surface area contributed by atoms with Gasteiger partial charge in [-0.2, -0.15) is 0 Å². The lowest BCUT2D eigenvalue weighted by atomic mass is 10.1. The zero-order chi connectivity index (χ0) is 21.3. The molecule has 1 fully saturated rings. The van der Waals surface area contributed by atoms with Gasteiger partial charge in [-0.05, 0) is 49.4 Å². The molecule has 1 heterocycles. The zero-order valence-electron chi connectivity index (χ0n) is 17.9. The highest BCUT2D eigenvalue weighted by Crippen LogP contribution is 2.28. The number of para-hydroxylation sites is 3. The summed E-state index contributed by atoms with van der Waals surface area (Å²) in [5.41, 5.74) is 3.09. The molecule has 0 aliphatic carbocycles. The molecule has 0 bridgehead atoms. The van der Waals surface area contributed by atoms with Crippen LogP contribution >= 0.6 is 0 Å². The predicted molar refractivity (Wildman–Crippen MR) is 123 cm³/mol. The molecule has 30 heavy (non-hydrogen) atoms. The van der Waals surface area contributed by atoms with Crippen molar-refractivity contribution < 1.29 is 9.59 Å². The number of carbonyl (C=O) groups is 2. The summed E-state index contributed by atoms with van der Waals surface area (Å²) in [4.78, 5) is 27.4. The van der Waals surface area contributed by atoms with E-state index in [4.69, 9.17) is 0 Å². The van der Waals surface area contributed by atoms with Crippen molar-refractivity contribution in [3.63, 3.8) is 0 Å². The molecule has 6 nitrogen and oxygen atoms in total. The van der Waals surface area contributed by atoms with Crippen molar-refractivity contribution in [2.75, 3.05) is 41.7 Å². The first-order chi connectivity index (χ1) is 14.5. The van der Waals surface area contributed by atoms with Gasteiger partial charge >= 0.3 is 0 Å². The summed E-state index contributed by atoms with van der Waals surface area (Å²) >= 11 is 0. The van der Waals surface area contributed by atoms with Crippen molar-refractivity contribution >= 4 is 28.9 Å². The van der Waals surface area contributed by atoms with Crippen molar-refractivity contribution in [1.82, 2.24) is 5.32 Å². The Bertz CT molecular complexity index is 860. The Morgan fingerprint density at radius 3 is 2.33 bits per heavy atom. The molecule has 3 rings (SSSR count). The normalized spacial score (nSPS) is 13.8. The van der Waals surface area contributed by atoms with Gasteiger partial charge in [-0.15, -0.1) is 0 Å². The largest absolute Gasteiger partial charge is 0.374 e. The maximum absolute atomic E-state index is 12.6. The molecule has 160 valence electrons. The Morgan fingerprint density at radius 2 is 1.60 bits per heavy atom. The lowest BCUT2D eigenvalue weighted by molar-refractivity contribution is -0.114. The van der Waals surface area contributed by atoms with Crippen LogP contribution in [-0.2, 0) is 4.79 Å². The van der Waals surface area contributed by atoms with Crippen LogP contribution in [0.15, 0.2) is 48.5 Å². The van der Waals surface area contributed by atoms with Crippen LogP contribution in [0.3, 0.4) is 0 Å². The van der Waals surface area contributed by atoms with E-state index < -0.39 is 0 Å². The van der Waals surface area contributed by atoms with Crippen LogP contribution in [0.4, 0.5) is 17.1 Å². The summed E-state index contributed by atoms with van der Waals surface area (Å²) < 4.78 is 0. The molecule has 3 N–H and O–H groups in total. The van der Waals surface area contributed by atoms with Crippen molar-refractivity contribution in [2.24, 2.45) is 5.92 Å². The summed E-state index contributed by atoms with van der Waals surface area (Å²) in [5, 5.41) is 9.04. The standard InChI is InChI=1S/C24H32N4O2/c1-18(2)16-26-24(30)19-10-4-5-11-20(19)27-23(29)17-25-21-12-6-7-13-22(21)28-14-8-3-9-15-28/h4-7,10-13,18,25H,3,8-9,14-17H2,1-2H3,(H,26,30)(H,27,29). The van der Waals surface area contributed by atoms with Crippen molar-refractivity contribution in [3.05, 3.63) is 54.1 Å². The third-order valence-corrected chi connectivity index (χ3v) is 5.16. The van der Waals surface area contributed by atoms with Gasteiger partial charge in [0.25, 0.3) is 5.91 Å². The van der Waals surface area contributed by atoms with Gasteiger partial charge in [-0.3, -0.25) is 9.59 Å². The molecule has 1 aliphatic rings. The first-order valence-electron chi connectivity index (χ1n) is 10.8. The van der Waals surface area contributed by atoms with Crippen molar-refractivity contribution in [3.8, 4) is 0 Å². The second-order valence-corrected chi connectivity index (χ2v) is 8.12. The second kappa shape index (κ2) is 10.7. The second-order valence-electron chi connectivity index (χ2n) is 8.12. The SMILES string of the molecule is CC(C)CNC(=O)c1ccccc1NC(=O)CNc1ccccc1N1CCCCC1. The molecule has 0 unspecified atom stereocenters. The Balaban J connectivity index is 1.62.